The van der Waals surface area contributed by atoms with Crippen LogP contribution in [-0.2, 0) is 6.54 Å². The first-order valence-corrected chi connectivity index (χ1v) is 9.30. The zero-order chi connectivity index (χ0) is 18.7. The maximum atomic E-state index is 13.2. The van der Waals surface area contributed by atoms with Gasteiger partial charge >= 0.3 is 0 Å². The molecule has 3 rings (SSSR count). The van der Waals surface area contributed by atoms with Gasteiger partial charge in [0, 0.05) is 32.2 Å². The summed E-state index contributed by atoms with van der Waals surface area (Å²) in [5.74, 6) is 0.0427. The van der Waals surface area contributed by atoms with Crippen LogP contribution >= 0.6 is 11.6 Å². The molecule has 0 spiro atoms. The molecule has 2 heterocycles. The molecular formula is C19H24ClFN4O. The largest absolute Gasteiger partial charge is 0.336 e. The van der Waals surface area contributed by atoms with Crippen molar-refractivity contribution in [3.05, 3.63) is 52.6 Å². The molecule has 1 aromatic heterocycles. The van der Waals surface area contributed by atoms with E-state index >= 15 is 0 Å². The summed E-state index contributed by atoms with van der Waals surface area (Å²) in [6.45, 7) is 7.28. The highest BCUT2D eigenvalue weighted by Crippen LogP contribution is 2.22. The minimum Gasteiger partial charge on any atom is -0.336 e. The van der Waals surface area contributed by atoms with Crippen LogP contribution in [0.4, 0.5) is 4.39 Å². The Bertz CT molecular complexity index is 746. The molecule has 1 N–H and O–H groups in total. The lowest BCUT2D eigenvalue weighted by Crippen LogP contribution is -2.45. The van der Waals surface area contributed by atoms with Crippen LogP contribution in [0.15, 0.2) is 30.5 Å². The van der Waals surface area contributed by atoms with Gasteiger partial charge in [0.05, 0.1) is 11.2 Å². The van der Waals surface area contributed by atoms with Crippen LogP contribution in [-0.4, -0.2) is 51.6 Å². The Hall–Kier alpha value is -1.92. The van der Waals surface area contributed by atoms with E-state index in [1.807, 2.05) is 17.0 Å². The standard InChI is InChI=1S/C19H24ClFN4O/c1-13(2)17-12-25(19(26)18-16(20)10-22-23-18)9-3-8-24(17)11-14-4-6-15(21)7-5-14/h4-7,10,13,17H,3,8-9,11-12H2,1-2H3,(H,22,23)/t17-/m1/s1. The third kappa shape index (κ3) is 4.24. The number of aromatic nitrogens is 2. The highest BCUT2D eigenvalue weighted by Gasteiger charge is 2.31. The van der Waals surface area contributed by atoms with E-state index in [0.29, 0.717) is 29.7 Å². The van der Waals surface area contributed by atoms with E-state index in [1.165, 1.54) is 18.3 Å². The molecule has 1 aliphatic heterocycles. The summed E-state index contributed by atoms with van der Waals surface area (Å²) in [7, 11) is 0. The minimum atomic E-state index is -0.224. The molecule has 1 aliphatic rings. The number of aromatic amines is 1. The predicted molar refractivity (Wildman–Crippen MR) is 99.6 cm³/mol. The zero-order valence-electron chi connectivity index (χ0n) is 15.1. The fourth-order valence-corrected chi connectivity index (χ4v) is 3.65. The zero-order valence-corrected chi connectivity index (χ0v) is 15.8. The second kappa shape index (κ2) is 8.18. The van der Waals surface area contributed by atoms with E-state index in [9.17, 15) is 9.18 Å². The van der Waals surface area contributed by atoms with Gasteiger partial charge in [-0.2, -0.15) is 5.10 Å². The number of rotatable bonds is 4. The fraction of sp³-hybridized carbons (Fsp3) is 0.474. The fourth-order valence-electron chi connectivity index (χ4n) is 3.48. The third-order valence-corrected chi connectivity index (χ3v) is 5.20. The van der Waals surface area contributed by atoms with Gasteiger partial charge in [-0.25, -0.2) is 4.39 Å². The summed E-state index contributed by atoms with van der Waals surface area (Å²) in [5.41, 5.74) is 1.43. The average Bonchev–Trinajstić information content (AvgIpc) is 2.92. The molecule has 1 aromatic carbocycles. The average molecular weight is 379 g/mol. The number of carbonyl (C=O) groups is 1. The van der Waals surface area contributed by atoms with Crippen molar-refractivity contribution in [2.45, 2.75) is 32.9 Å². The summed E-state index contributed by atoms with van der Waals surface area (Å²) in [5, 5.41) is 6.90. The van der Waals surface area contributed by atoms with Gasteiger partial charge in [-0.05, 0) is 30.0 Å². The number of halogens is 2. The van der Waals surface area contributed by atoms with Crippen LogP contribution in [0, 0.1) is 11.7 Å². The van der Waals surface area contributed by atoms with Crippen molar-refractivity contribution in [2.75, 3.05) is 19.6 Å². The number of benzene rings is 1. The lowest BCUT2D eigenvalue weighted by Gasteiger charge is -2.34. The first-order chi connectivity index (χ1) is 12.5. The Morgan fingerprint density at radius 2 is 2.08 bits per heavy atom. The van der Waals surface area contributed by atoms with Crippen LogP contribution in [0.5, 0.6) is 0 Å². The summed E-state index contributed by atoms with van der Waals surface area (Å²) in [6.07, 6.45) is 2.33. The van der Waals surface area contributed by atoms with Gasteiger partial charge in [0.25, 0.3) is 5.91 Å². The molecule has 26 heavy (non-hydrogen) atoms. The van der Waals surface area contributed by atoms with Crippen molar-refractivity contribution >= 4 is 17.5 Å². The monoisotopic (exact) mass is 378 g/mol. The van der Waals surface area contributed by atoms with Gasteiger partial charge in [0.1, 0.15) is 11.5 Å². The van der Waals surface area contributed by atoms with Gasteiger partial charge in [-0.1, -0.05) is 37.6 Å². The first kappa shape index (κ1) is 18.9. The Morgan fingerprint density at radius 1 is 1.35 bits per heavy atom. The number of nitrogens with one attached hydrogen (secondary N) is 1. The number of H-pyrrole nitrogens is 1. The maximum absolute atomic E-state index is 13.2. The quantitative estimate of drug-likeness (QED) is 0.884. The van der Waals surface area contributed by atoms with Gasteiger partial charge in [-0.3, -0.25) is 14.8 Å². The normalized spacial score (nSPS) is 19.0. The maximum Gasteiger partial charge on any atom is 0.273 e. The van der Waals surface area contributed by atoms with Gasteiger partial charge in [0.2, 0.25) is 0 Å². The van der Waals surface area contributed by atoms with Crippen molar-refractivity contribution in [3.63, 3.8) is 0 Å². The van der Waals surface area contributed by atoms with Crippen molar-refractivity contribution in [1.29, 1.82) is 0 Å². The van der Waals surface area contributed by atoms with Crippen LogP contribution in [0.3, 0.4) is 0 Å². The molecule has 0 aliphatic carbocycles. The van der Waals surface area contributed by atoms with E-state index in [4.69, 9.17) is 11.6 Å². The molecule has 7 heteroatoms. The molecule has 1 saturated heterocycles. The first-order valence-electron chi connectivity index (χ1n) is 8.92. The Labute approximate surface area is 158 Å². The summed E-state index contributed by atoms with van der Waals surface area (Å²) < 4.78 is 13.2. The smallest absolute Gasteiger partial charge is 0.273 e. The van der Waals surface area contributed by atoms with E-state index in [2.05, 4.69) is 28.9 Å². The highest BCUT2D eigenvalue weighted by molar-refractivity contribution is 6.33. The third-order valence-electron chi connectivity index (χ3n) is 4.91. The number of amides is 1. The van der Waals surface area contributed by atoms with E-state index < -0.39 is 0 Å². The van der Waals surface area contributed by atoms with Crippen LogP contribution in [0.2, 0.25) is 5.02 Å². The van der Waals surface area contributed by atoms with Crippen molar-refractivity contribution in [1.82, 2.24) is 20.0 Å². The molecule has 140 valence electrons. The number of hydrogen-bond acceptors (Lipinski definition) is 3. The summed E-state index contributed by atoms with van der Waals surface area (Å²) >= 11 is 6.06. The van der Waals surface area contributed by atoms with E-state index in [1.54, 1.807) is 0 Å². The minimum absolute atomic E-state index is 0.109. The molecule has 5 nitrogen and oxygen atoms in total. The lowest BCUT2D eigenvalue weighted by atomic mass is 10.0. The molecule has 0 radical (unpaired) electrons. The molecule has 1 fully saturated rings. The topological polar surface area (TPSA) is 52.2 Å². The number of nitrogens with zero attached hydrogens (tertiary/aromatic N) is 3. The summed E-state index contributed by atoms with van der Waals surface area (Å²) in [6, 6.07) is 6.85. The Kier molecular flexibility index (Phi) is 5.94. The van der Waals surface area contributed by atoms with Gasteiger partial charge in [-0.15, -0.1) is 0 Å². The van der Waals surface area contributed by atoms with Gasteiger partial charge < -0.3 is 4.90 Å². The lowest BCUT2D eigenvalue weighted by molar-refractivity contribution is 0.0697. The molecule has 0 bridgehead atoms. The second-order valence-electron chi connectivity index (χ2n) is 7.11. The van der Waals surface area contributed by atoms with Crippen molar-refractivity contribution in [3.8, 4) is 0 Å². The van der Waals surface area contributed by atoms with Crippen molar-refractivity contribution in [2.24, 2.45) is 5.92 Å². The molecule has 1 atom stereocenters. The van der Waals surface area contributed by atoms with Crippen LogP contribution in [0.1, 0.15) is 36.3 Å². The van der Waals surface area contributed by atoms with Crippen LogP contribution < -0.4 is 0 Å². The highest BCUT2D eigenvalue weighted by atomic mass is 35.5. The van der Waals surface area contributed by atoms with Gasteiger partial charge in [0.15, 0.2) is 0 Å². The second-order valence-corrected chi connectivity index (χ2v) is 7.51. The molecule has 2 aromatic rings. The Morgan fingerprint density at radius 3 is 2.69 bits per heavy atom. The van der Waals surface area contributed by atoms with E-state index in [-0.39, 0.29) is 17.8 Å². The molecular weight excluding hydrogens is 355 g/mol. The number of hydrogen-bond donors (Lipinski definition) is 1. The molecule has 0 saturated carbocycles. The molecule has 1 amide bonds. The summed E-state index contributed by atoms with van der Waals surface area (Å²) in [4.78, 5) is 17.1. The Balaban J connectivity index is 1.76. The van der Waals surface area contributed by atoms with Crippen LogP contribution in [0.25, 0.3) is 0 Å². The van der Waals surface area contributed by atoms with E-state index in [0.717, 1.165) is 25.1 Å². The van der Waals surface area contributed by atoms with Crippen molar-refractivity contribution < 1.29 is 9.18 Å². The SMILES string of the molecule is CC(C)[C@H]1CN(C(=O)c2[nH]ncc2Cl)CCCN1Cc1ccc(F)cc1. The predicted octanol–water partition coefficient (Wildman–Crippen LogP) is 3.57. The molecule has 0 unspecified atom stereocenters. The number of carbonyl (C=O) groups excluding carboxylic acids is 1.